The molecule has 1 fully saturated rings. The highest BCUT2D eigenvalue weighted by molar-refractivity contribution is 5.46. The summed E-state index contributed by atoms with van der Waals surface area (Å²) in [7, 11) is 0. The highest BCUT2D eigenvalue weighted by Gasteiger charge is 2.23. The average molecular weight is 341 g/mol. The van der Waals surface area contributed by atoms with Crippen molar-refractivity contribution in [3.63, 3.8) is 0 Å². The van der Waals surface area contributed by atoms with Gasteiger partial charge in [-0.2, -0.15) is 0 Å². The van der Waals surface area contributed by atoms with E-state index in [1.54, 1.807) is 0 Å². The Labute approximate surface area is 150 Å². The predicted octanol–water partition coefficient (Wildman–Crippen LogP) is 1.45. The SMILES string of the molecule is Cc1cccc(C)c1OC[C@H](O)C[NH+]1CCN(c2ccccc2)CC1. The van der Waals surface area contributed by atoms with E-state index in [4.69, 9.17) is 4.74 Å². The normalized spacial score (nSPS) is 16.7. The predicted molar refractivity (Wildman–Crippen MR) is 102 cm³/mol. The number of aliphatic hydroxyl groups excluding tert-OH is 1. The Hall–Kier alpha value is -2.04. The van der Waals surface area contributed by atoms with Crippen LogP contribution < -0.4 is 14.5 Å². The number of rotatable bonds is 6. The number of hydrogen-bond donors (Lipinski definition) is 2. The monoisotopic (exact) mass is 341 g/mol. The molecule has 0 aromatic heterocycles. The molecule has 2 aromatic carbocycles. The van der Waals surface area contributed by atoms with E-state index in [2.05, 4.69) is 35.2 Å². The summed E-state index contributed by atoms with van der Waals surface area (Å²) in [6, 6.07) is 16.7. The van der Waals surface area contributed by atoms with Gasteiger partial charge in [-0.05, 0) is 37.1 Å². The Morgan fingerprint density at radius 1 is 1.00 bits per heavy atom. The molecule has 0 amide bonds. The van der Waals surface area contributed by atoms with Crippen LogP contribution in [0.1, 0.15) is 11.1 Å². The highest BCUT2D eigenvalue weighted by atomic mass is 16.5. The molecule has 2 aromatic rings. The summed E-state index contributed by atoms with van der Waals surface area (Å²) in [5, 5.41) is 10.4. The van der Waals surface area contributed by atoms with Gasteiger partial charge in [-0.15, -0.1) is 0 Å². The number of hydrogen-bond acceptors (Lipinski definition) is 3. The van der Waals surface area contributed by atoms with E-state index in [1.807, 2.05) is 32.0 Å². The van der Waals surface area contributed by atoms with Crippen molar-refractivity contribution in [3.8, 4) is 5.75 Å². The van der Waals surface area contributed by atoms with Gasteiger partial charge in [0.2, 0.25) is 0 Å². The first-order chi connectivity index (χ1) is 12.1. The Kier molecular flexibility index (Phi) is 5.95. The third-order valence-corrected chi connectivity index (χ3v) is 4.95. The second-order valence-electron chi connectivity index (χ2n) is 6.96. The molecule has 3 rings (SSSR count). The fourth-order valence-corrected chi connectivity index (χ4v) is 3.52. The quantitative estimate of drug-likeness (QED) is 0.835. The zero-order valence-corrected chi connectivity index (χ0v) is 15.2. The first-order valence-electron chi connectivity index (χ1n) is 9.14. The minimum absolute atomic E-state index is 0.359. The molecule has 134 valence electrons. The van der Waals surface area contributed by atoms with E-state index >= 15 is 0 Å². The number of aryl methyl sites for hydroxylation is 2. The molecule has 1 aliphatic heterocycles. The molecule has 1 aliphatic rings. The van der Waals surface area contributed by atoms with Crippen molar-refractivity contribution >= 4 is 5.69 Å². The van der Waals surface area contributed by atoms with Crippen LogP contribution in [0.2, 0.25) is 0 Å². The molecule has 0 aliphatic carbocycles. The minimum atomic E-state index is -0.433. The van der Waals surface area contributed by atoms with Crippen molar-refractivity contribution in [3.05, 3.63) is 59.7 Å². The molecule has 4 nitrogen and oxygen atoms in total. The maximum atomic E-state index is 10.4. The van der Waals surface area contributed by atoms with E-state index in [-0.39, 0.29) is 0 Å². The maximum Gasteiger partial charge on any atom is 0.137 e. The van der Waals surface area contributed by atoms with Crippen molar-refractivity contribution in [1.29, 1.82) is 0 Å². The van der Waals surface area contributed by atoms with Crippen molar-refractivity contribution in [1.82, 2.24) is 0 Å². The van der Waals surface area contributed by atoms with Gasteiger partial charge in [0.1, 0.15) is 25.0 Å². The molecule has 1 atom stereocenters. The third kappa shape index (κ3) is 4.74. The zero-order chi connectivity index (χ0) is 17.6. The van der Waals surface area contributed by atoms with Gasteiger partial charge in [-0.1, -0.05) is 36.4 Å². The molecule has 4 heteroatoms. The Balaban J connectivity index is 1.44. The lowest BCUT2D eigenvalue weighted by Crippen LogP contribution is -3.16. The topological polar surface area (TPSA) is 37.1 Å². The van der Waals surface area contributed by atoms with Crippen LogP contribution in [0.5, 0.6) is 5.75 Å². The molecular formula is C21H29N2O2+. The number of nitrogens with one attached hydrogen (secondary N) is 1. The van der Waals surface area contributed by atoms with Crippen molar-refractivity contribution < 1.29 is 14.7 Å². The number of para-hydroxylation sites is 2. The van der Waals surface area contributed by atoms with Gasteiger partial charge in [0.05, 0.1) is 26.2 Å². The maximum absolute atomic E-state index is 10.4. The van der Waals surface area contributed by atoms with Crippen LogP contribution in [0.3, 0.4) is 0 Å². The lowest BCUT2D eigenvalue weighted by molar-refractivity contribution is -0.903. The Bertz CT molecular complexity index is 647. The molecule has 0 spiro atoms. The lowest BCUT2D eigenvalue weighted by Gasteiger charge is -2.34. The number of ether oxygens (including phenoxy) is 1. The van der Waals surface area contributed by atoms with Crippen molar-refractivity contribution in [2.75, 3.05) is 44.2 Å². The van der Waals surface area contributed by atoms with E-state index in [0.29, 0.717) is 6.61 Å². The molecule has 0 unspecified atom stereocenters. The van der Waals surface area contributed by atoms with Crippen LogP contribution in [0.15, 0.2) is 48.5 Å². The van der Waals surface area contributed by atoms with E-state index in [1.165, 1.54) is 10.6 Å². The standard InChI is InChI=1S/C21H28N2O2/c1-17-7-6-8-18(2)21(17)25-16-20(24)15-22-11-13-23(14-12-22)19-9-4-3-5-10-19/h3-10,20,24H,11-16H2,1-2H3/p+1/t20-/m1/s1. The molecule has 0 bridgehead atoms. The largest absolute Gasteiger partial charge is 0.490 e. The van der Waals surface area contributed by atoms with Crippen LogP contribution in [-0.4, -0.2) is 50.5 Å². The van der Waals surface area contributed by atoms with Crippen LogP contribution in [0.25, 0.3) is 0 Å². The average Bonchev–Trinajstić information content (AvgIpc) is 2.63. The van der Waals surface area contributed by atoms with Crippen LogP contribution >= 0.6 is 0 Å². The number of nitrogens with zero attached hydrogens (tertiary/aromatic N) is 1. The number of anilines is 1. The van der Waals surface area contributed by atoms with Crippen LogP contribution in [-0.2, 0) is 0 Å². The Morgan fingerprint density at radius 3 is 2.28 bits per heavy atom. The smallest absolute Gasteiger partial charge is 0.137 e. The van der Waals surface area contributed by atoms with Crippen LogP contribution in [0, 0.1) is 13.8 Å². The van der Waals surface area contributed by atoms with Gasteiger partial charge in [0.25, 0.3) is 0 Å². The number of piperazine rings is 1. The second-order valence-corrected chi connectivity index (χ2v) is 6.96. The Morgan fingerprint density at radius 2 is 1.64 bits per heavy atom. The molecule has 2 N–H and O–H groups in total. The van der Waals surface area contributed by atoms with Gasteiger partial charge < -0.3 is 19.6 Å². The summed E-state index contributed by atoms with van der Waals surface area (Å²) in [4.78, 5) is 3.87. The summed E-state index contributed by atoms with van der Waals surface area (Å²) in [6.45, 7) is 9.36. The summed E-state index contributed by atoms with van der Waals surface area (Å²) in [5.74, 6) is 0.908. The van der Waals surface area contributed by atoms with Gasteiger partial charge in [-0.25, -0.2) is 0 Å². The summed E-state index contributed by atoms with van der Waals surface area (Å²) < 4.78 is 5.89. The van der Waals surface area contributed by atoms with Crippen molar-refractivity contribution in [2.24, 2.45) is 0 Å². The van der Waals surface area contributed by atoms with Gasteiger partial charge in [-0.3, -0.25) is 0 Å². The van der Waals surface area contributed by atoms with Gasteiger partial charge >= 0.3 is 0 Å². The molecule has 0 saturated carbocycles. The number of quaternary nitrogens is 1. The molecular weight excluding hydrogens is 312 g/mol. The molecule has 25 heavy (non-hydrogen) atoms. The highest BCUT2D eigenvalue weighted by Crippen LogP contribution is 2.22. The second kappa shape index (κ2) is 8.37. The summed E-state index contributed by atoms with van der Waals surface area (Å²) in [6.07, 6.45) is -0.433. The number of benzene rings is 2. The summed E-state index contributed by atoms with van der Waals surface area (Å²) >= 11 is 0. The van der Waals surface area contributed by atoms with E-state index < -0.39 is 6.10 Å². The fraction of sp³-hybridized carbons (Fsp3) is 0.429. The zero-order valence-electron chi connectivity index (χ0n) is 15.2. The molecule has 0 radical (unpaired) electrons. The molecule has 1 saturated heterocycles. The first kappa shape index (κ1) is 17.8. The lowest BCUT2D eigenvalue weighted by atomic mass is 10.1. The summed E-state index contributed by atoms with van der Waals surface area (Å²) in [5.41, 5.74) is 3.53. The van der Waals surface area contributed by atoms with Gasteiger partial charge in [0.15, 0.2) is 0 Å². The van der Waals surface area contributed by atoms with E-state index in [9.17, 15) is 5.11 Å². The fourth-order valence-electron chi connectivity index (χ4n) is 3.52. The van der Waals surface area contributed by atoms with Crippen molar-refractivity contribution in [2.45, 2.75) is 20.0 Å². The van der Waals surface area contributed by atoms with Gasteiger partial charge in [0, 0.05) is 5.69 Å². The third-order valence-electron chi connectivity index (χ3n) is 4.95. The first-order valence-corrected chi connectivity index (χ1v) is 9.14. The van der Waals surface area contributed by atoms with Crippen LogP contribution in [0.4, 0.5) is 5.69 Å². The molecule has 1 heterocycles. The minimum Gasteiger partial charge on any atom is -0.490 e. The number of aliphatic hydroxyl groups is 1. The van der Waals surface area contributed by atoms with E-state index in [0.717, 1.165) is 49.6 Å².